The minimum Gasteiger partial charge on any atom is -0.399 e. The first-order valence-electron chi connectivity index (χ1n) is 6.37. The number of rotatable bonds is 3. The van der Waals surface area contributed by atoms with Crippen molar-refractivity contribution in [2.45, 2.75) is 21.5 Å². The Morgan fingerprint density at radius 1 is 1.10 bits per heavy atom. The van der Waals surface area contributed by atoms with Gasteiger partial charge in [-0.05, 0) is 42.3 Å². The Balaban J connectivity index is 1.77. The molecule has 0 fully saturated rings. The van der Waals surface area contributed by atoms with Crippen LogP contribution in [0.15, 0.2) is 58.3 Å². The molecule has 1 aliphatic heterocycles. The number of anilines is 1. The summed E-state index contributed by atoms with van der Waals surface area (Å²) in [6.07, 6.45) is 0.815. The van der Waals surface area contributed by atoms with Gasteiger partial charge in [-0.1, -0.05) is 18.2 Å². The van der Waals surface area contributed by atoms with Crippen LogP contribution in [0.2, 0.25) is 0 Å². The molecule has 0 saturated heterocycles. The van der Waals surface area contributed by atoms with Crippen molar-refractivity contribution in [2.24, 2.45) is 0 Å². The fourth-order valence-corrected chi connectivity index (χ4v) is 5.61. The average Bonchev–Trinajstić information content (AvgIpc) is 2.80. The average molecular weight is 305 g/mol. The molecule has 104 valence electrons. The number of nitrogen functional groups attached to an aromatic ring is 1. The van der Waals surface area contributed by atoms with Crippen molar-refractivity contribution in [3.05, 3.63) is 54.1 Å². The Morgan fingerprint density at radius 3 is 2.50 bits per heavy atom. The molecule has 2 aromatic rings. The zero-order valence-electron chi connectivity index (χ0n) is 10.8. The smallest absolute Gasteiger partial charge is 0.179 e. The summed E-state index contributed by atoms with van der Waals surface area (Å²) in [6, 6.07) is 14.5. The van der Waals surface area contributed by atoms with E-state index in [4.69, 9.17) is 5.73 Å². The SMILES string of the molecule is Nc1ccc(S(=O)(=O)CC2Cc3ccccc3S2)cc1. The van der Waals surface area contributed by atoms with Crippen LogP contribution in [0.4, 0.5) is 5.69 Å². The summed E-state index contributed by atoms with van der Waals surface area (Å²) in [5.74, 6) is 0.163. The molecule has 0 radical (unpaired) electrons. The van der Waals surface area contributed by atoms with Gasteiger partial charge in [0.2, 0.25) is 0 Å². The Hall–Kier alpha value is -1.46. The second-order valence-corrected chi connectivity index (χ2v) is 8.28. The lowest BCUT2D eigenvalue weighted by Crippen LogP contribution is -2.18. The first-order chi connectivity index (χ1) is 9.54. The Morgan fingerprint density at radius 2 is 1.80 bits per heavy atom. The third-order valence-corrected chi connectivity index (χ3v) is 6.72. The first-order valence-corrected chi connectivity index (χ1v) is 8.91. The molecule has 0 saturated carbocycles. The number of fused-ring (bicyclic) bond motifs is 1. The van der Waals surface area contributed by atoms with Crippen LogP contribution in [-0.4, -0.2) is 19.4 Å². The normalized spacial score (nSPS) is 17.9. The van der Waals surface area contributed by atoms with Crippen LogP contribution >= 0.6 is 11.8 Å². The highest BCUT2D eigenvalue weighted by Crippen LogP contribution is 2.37. The number of thioether (sulfide) groups is 1. The van der Waals surface area contributed by atoms with E-state index in [0.29, 0.717) is 10.6 Å². The number of hydrogen-bond donors (Lipinski definition) is 1. The van der Waals surface area contributed by atoms with Crippen LogP contribution < -0.4 is 5.73 Å². The van der Waals surface area contributed by atoms with Crippen LogP contribution in [0.3, 0.4) is 0 Å². The zero-order chi connectivity index (χ0) is 14.2. The van der Waals surface area contributed by atoms with Gasteiger partial charge in [-0.3, -0.25) is 0 Å². The van der Waals surface area contributed by atoms with Gasteiger partial charge in [0.1, 0.15) is 0 Å². The molecule has 2 aromatic carbocycles. The van der Waals surface area contributed by atoms with E-state index in [1.807, 2.05) is 12.1 Å². The summed E-state index contributed by atoms with van der Waals surface area (Å²) in [6.45, 7) is 0. The fraction of sp³-hybridized carbons (Fsp3) is 0.200. The van der Waals surface area contributed by atoms with Crippen molar-refractivity contribution >= 4 is 27.3 Å². The van der Waals surface area contributed by atoms with E-state index in [-0.39, 0.29) is 11.0 Å². The predicted molar refractivity (Wildman–Crippen MR) is 82.7 cm³/mol. The summed E-state index contributed by atoms with van der Waals surface area (Å²) in [4.78, 5) is 1.55. The maximum Gasteiger partial charge on any atom is 0.179 e. The molecule has 5 heteroatoms. The van der Waals surface area contributed by atoms with Gasteiger partial charge in [0.05, 0.1) is 10.6 Å². The fourth-order valence-electron chi connectivity index (χ4n) is 2.36. The third-order valence-electron chi connectivity index (χ3n) is 3.36. The maximum absolute atomic E-state index is 12.4. The molecular weight excluding hydrogens is 290 g/mol. The van der Waals surface area contributed by atoms with Crippen molar-refractivity contribution < 1.29 is 8.42 Å². The minimum atomic E-state index is -3.25. The molecule has 2 N–H and O–H groups in total. The van der Waals surface area contributed by atoms with E-state index in [1.165, 1.54) is 10.5 Å². The molecule has 0 bridgehead atoms. The van der Waals surface area contributed by atoms with E-state index in [0.717, 1.165) is 6.42 Å². The second-order valence-electron chi connectivity index (χ2n) is 4.90. The van der Waals surface area contributed by atoms with Crippen LogP contribution in [0.25, 0.3) is 0 Å². The van der Waals surface area contributed by atoms with Crippen LogP contribution in [0, 0.1) is 0 Å². The van der Waals surface area contributed by atoms with Crippen molar-refractivity contribution in [1.82, 2.24) is 0 Å². The Kier molecular flexibility index (Phi) is 3.48. The van der Waals surface area contributed by atoms with Gasteiger partial charge < -0.3 is 5.73 Å². The lowest BCUT2D eigenvalue weighted by Gasteiger charge is -2.09. The van der Waals surface area contributed by atoms with Gasteiger partial charge in [0.25, 0.3) is 0 Å². The highest BCUT2D eigenvalue weighted by molar-refractivity contribution is 8.01. The quantitative estimate of drug-likeness (QED) is 0.886. The molecular formula is C15H15NO2S2. The summed E-state index contributed by atoms with van der Waals surface area (Å²) in [5.41, 5.74) is 7.41. The molecule has 0 spiro atoms. The van der Waals surface area contributed by atoms with E-state index in [2.05, 4.69) is 12.1 Å². The van der Waals surface area contributed by atoms with Crippen LogP contribution in [0.1, 0.15) is 5.56 Å². The molecule has 1 atom stereocenters. The summed E-state index contributed by atoms with van der Waals surface area (Å²) < 4.78 is 24.8. The number of sulfone groups is 1. The summed E-state index contributed by atoms with van der Waals surface area (Å²) in [5, 5.41) is 0.0925. The van der Waals surface area contributed by atoms with Gasteiger partial charge in [0.15, 0.2) is 9.84 Å². The van der Waals surface area contributed by atoms with E-state index in [1.54, 1.807) is 36.0 Å². The van der Waals surface area contributed by atoms with Gasteiger partial charge in [-0.15, -0.1) is 11.8 Å². The molecule has 0 aliphatic carbocycles. The lowest BCUT2D eigenvalue weighted by atomic mass is 10.1. The minimum absolute atomic E-state index is 0.0925. The maximum atomic E-state index is 12.4. The molecule has 3 rings (SSSR count). The first kappa shape index (κ1) is 13.5. The summed E-state index contributed by atoms with van der Waals surface area (Å²) >= 11 is 1.66. The molecule has 1 aliphatic rings. The third kappa shape index (κ3) is 2.69. The molecule has 1 unspecified atom stereocenters. The largest absolute Gasteiger partial charge is 0.399 e. The van der Waals surface area contributed by atoms with Gasteiger partial charge >= 0.3 is 0 Å². The number of hydrogen-bond acceptors (Lipinski definition) is 4. The lowest BCUT2D eigenvalue weighted by molar-refractivity contribution is 0.594. The second kappa shape index (κ2) is 5.14. The predicted octanol–water partition coefficient (Wildman–Crippen LogP) is 2.76. The van der Waals surface area contributed by atoms with Gasteiger partial charge in [0, 0.05) is 15.8 Å². The van der Waals surface area contributed by atoms with Crippen molar-refractivity contribution in [1.29, 1.82) is 0 Å². The van der Waals surface area contributed by atoms with Gasteiger partial charge in [-0.25, -0.2) is 8.42 Å². The molecule has 0 aromatic heterocycles. The highest BCUT2D eigenvalue weighted by Gasteiger charge is 2.27. The van der Waals surface area contributed by atoms with Crippen LogP contribution in [0.5, 0.6) is 0 Å². The zero-order valence-corrected chi connectivity index (χ0v) is 12.5. The standard InChI is InChI=1S/C15H15NO2S2/c16-12-5-7-14(8-6-12)20(17,18)10-13-9-11-3-1-2-4-15(11)19-13/h1-8,13H,9-10,16H2. The van der Waals surface area contributed by atoms with E-state index in [9.17, 15) is 8.42 Å². The monoisotopic (exact) mass is 305 g/mol. The topological polar surface area (TPSA) is 60.2 Å². The molecule has 20 heavy (non-hydrogen) atoms. The summed E-state index contributed by atoms with van der Waals surface area (Å²) in [7, 11) is -3.25. The van der Waals surface area contributed by atoms with E-state index >= 15 is 0 Å². The Labute approximate surface area is 123 Å². The molecule has 1 heterocycles. The number of benzene rings is 2. The van der Waals surface area contributed by atoms with Crippen LogP contribution in [-0.2, 0) is 16.3 Å². The molecule has 3 nitrogen and oxygen atoms in total. The van der Waals surface area contributed by atoms with Crippen molar-refractivity contribution in [2.75, 3.05) is 11.5 Å². The Bertz CT molecular complexity index is 699. The van der Waals surface area contributed by atoms with Crippen molar-refractivity contribution in [3.8, 4) is 0 Å². The molecule has 0 amide bonds. The number of nitrogens with two attached hydrogens (primary N) is 1. The van der Waals surface area contributed by atoms with E-state index < -0.39 is 9.84 Å². The van der Waals surface area contributed by atoms with Crippen molar-refractivity contribution in [3.63, 3.8) is 0 Å². The highest BCUT2D eigenvalue weighted by atomic mass is 32.2. The van der Waals surface area contributed by atoms with Gasteiger partial charge in [-0.2, -0.15) is 0 Å².